The number of sulfonamides is 1. The second-order valence-electron chi connectivity index (χ2n) is 10.0. The molecule has 0 saturated heterocycles. The van der Waals surface area contributed by atoms with Gasteiger partial charge in [0, 0.05) is 24.8 Å². The van der Waals surface area contributed by atoms with Crippen LogP contribution in [0.4, 0.5) is 5.69 Å². The SMILES string of the molecule is CCOC(=O)/C=C/c1c(C[Si](C)(C)OC2CCCCC2)cccc1N(C)S(=O)(=O)c1ccc(C)cc1. The minimum absolute atomic E-state index is 0.219. The van der Waals surface area contributed by atoms with Crippen LogP contribution >= 0.6 is 0 Å². The Kier molecular flexibility index (Phi) is 9.55. The van der Waals surface area contributed by atoms with Crippen LogP contribution in [0.1, 0.15) is 55.7 Å². The van der Waals surface area contributed by atoms with Crippen LogP contribution in [0.2, 0.25) is 13.1 Å². The summed E-state index contributed by atoms with van der Waals surface area (Å²) >= 11 is 0. The first-order valence-electron chi connectivity index (χ1n) is 12.7. The van der Waals surface area contributed by atoms with Crippen LogP contribution in [0.25, 0.3) is 6.08 Å². The monoisotopic (exact) mass is 529 g/mol. The first kappa shape index (κ1) is 28.2. The molecule has 0 spiro atoms. The predicted octanol–water partition coefficient (Wildman–Crippen LogP) is 6.03. The molecule has 0 radical (unpaired) electrons. The highest BCUT2D eigenvalue weighted by Crippen LogP contribution is 2.32. The van der Waals surface area contributed by atoms with Crippen LogP contribution in [0.5, 0.6) is 0 Å². The van der Waals surface area contributed by atoms with Crippen molar-refractivity contribution >= 4 is 36.1 Å². The Bertz CT molecular complexity index is 1170. The van der Waals surface area contributed by atoms with Gasteiger partial charge >= 0.3 is 5.97 Å². The van der Waals surface area contributed by atoms with E-state index in [1.807, 2.05) is 19.1 Å². The van der Waals surface area contributed by atoms with E-state index < -0.39 is 24.3 Å². The molecule has 8 heteroatoms. The van der Waals surface area contributed by atoms with E-state index in [0.29, 0.717) is 23.4 Å². The Labute approximate surface area is 217 Å². The molecule has 0 bridgehead atoms. The van der Waals surface area contributed by atoms with Crippen LogP contribution in [0.3, 0.4) is 0 Å². The summed E-state index contributed by atoms with van der Waals surface area (Å²) in [4.78, 5) is 12.4. The molecule has 1 aliphatic carbocycles. The van der Waals surface area contributed by atoms with Crippen molar-refractivity contribution in [3.05, 3.63) is 65.2 Å². The van der Waals surface area contributed by atoms with E-state index in [0.717, 1.165) is 24.0 Å². The summed E-state index contributed by atoms with van der Waals surface area (Å²) in [5, 5.41) is 0. The highest BCUT2D eigenvalue weighted by molar-refractivity contribution is 7.92. The number of anilines is 1. The first-order valence-corrected chi connectivity index (χ1v) is 17.3. The summed E-state index contributed by atoms with van der Waals surface area (Å²) in [6, 6.07) is 13.2. The number of carbonyl (C=O) groups excluding carboxylic acids is 1. The molecule has 6 nitrogen and oxygen atoms in total. The number of esters is 1. The summed E-state index contributed by atoms with van der Waals surface area (Å²) in [5.74, 6) is -0.461. The van der Waals surface area contributed by atoms with Gasteiger partial charge in [0.2, 0.25) is 0 Å². The minimum Gasteiger partial charge on any atom is -0.463 e. The van der Waals surface area contributed by atoms with Gasteiger partial charge in [-0.1, -0.05) is 49.1 Å². The number of hydrogen-bond acceptors (Lipinski definition) is 5. The van der Waals surface area contributed by atoms with Crippen molar-refractivity contribution in [3.63, 3.8) is 0 Å². The number of benzene rings is 2. The van der Waals surface area contributed by atoms with Crippen LogP contribution in [-0.4, -0.2) is 42.5 Å². The zero-order chi connectivity index (χ0) is 26.3. The quantitative estimate of drug-likeness (QED) is 0.213. The number of carbonyl (C=O) groups is 1. The van der Waals surface area contributed by atoms with Gasteiger partial charge in [0.15, 0.2) is 8.32 Å². The van der Waals surface area contributed by atoms with E-state index in [9.17, 15) is 13.2 Å². The van der Waals surface area contributed by atoms with Crippen molar-refractivity contribution in [3.8, 4) is 0 Å². The number of hydrogen-bond donors (Lipinski definition) is 0. The molecular weight excluding hydrogens is 490 g/mol. The van der Waals surface area contributed by atoms with E-state index in [1.54, 1.807) is 50.4 Å². The van der Waals surface area contributed by atoms with E-state index >= 15 is 0 Å². The molecule has 0 aromatic heterocycles. The van der Waals surface area contributed by atoms with Crippen LogP contribution in [0, 0.1) is 6.92 Å². The number of rotatable bonds is 10. The lowest BCUT2D eigenvalue weighted by molar-refractivity contribution is -0.137. The van der Waals surface area contributed by atoms with Gasteiger partial charge in [-0.15, -0.1) is 0 Å². The zero-order valence-electron chi connectivity index (χ0n) is 22.1. The second kappa shape index (κ2) is 12.2. The number of nitrogens with zero attached hydrogens (tertiary/aromatic N) is 1. The molecule has 1 aliphatic rings. The predicted molar refractivity (Wildman–Crippen MR) is 148 cm³/mol. The Morgan fingerprint density at radius 1 is 1.08 bits per heavy atom. The lowest BCUT2D eigenvalue weighted by Gasteiger charge is -2.32. The van der Waals surface area contributed by atoms with E-state index in [1.165, 1.54) is 29.6 Å². The Morgan fingerprint density at radius 2 is 1.75 bits per heavy atom. The molecule has 2 aromatic rings. The molecule has 0 N–H and O–H groups in total. The molecule has 0 heterocycles. The van der Waals surface area contributed by atoms with Gasteiger partial charge in [0.05, 0.1) is 17.2 Å². The Hall–Kier alpha value is -2.42. The summed E-state index contributed by atoms with van der Waals surface area (Å²) < 4.78 is 40.0. The highest BCUT2D eigenvalue weighted by Gasteiger charge is 2.30. The van der Waals surface area contributed by atoms with Gasteiger partial charge < -0.3 is 9.16 Å². The maximum absolute atomic E-state index is 13.5. The van der Waals surface area contributed by atoms with E-state index in [4.69, 9.17) is 9.16 Å². The summed E-state index contributed by atoms with van der Waals surface area (Å²) in [5.41, 5.74) is 3.15. The smallest absolute Gasteiger partial charge is 0.330 e. The highest BCUT2D eigenvalue weighted by atomic mass is 32.2. The minimum atomic E-state index is -3.80. The van der Waals surface area contributed by atoms with Gasteiger partial charge in [-0.2, -0.15) is 0 Å². The van der Waals surface area contributed by atoms with Gasteiger partial charge in [-0.3, -0.25) is 4.31 Å². The molecule has 3 rings (SSSR count). The third kappa shape index (κ3) is 7.30. The maximum atomic E-state index is 13.5. The van der Waals surface area contributed by atoms with Crippen molar-refractivity contribution in [1.82, 2.24) is 0 Å². The van der Waals surface area contributed by atoms with Gasteiger partial charge in [-0.05, 0) is 75.7 Å². The number of ether oxygens (including phenoxy) is 1. The van der Waals surface area contributed by atoms with Crippen LogP contribution < -0.4 is 4.31 Å². The molecule has 0 atom stereocenters. The van der Waals surface area contributed by atoms with Gasteiger partial charge in [0.1, 0.15) is 0 Å². The van der Waals surface area contributed by atoms with E-state index in [2.05, 4.69) is 13.1 Å². The first-order chi connectivity index (χ1) is 17.0. The fraction of sp³-hybridized carbons (Fsp3) is 0.464. The van der Waals surface area contributed by atoms with Gasteiger partial charge in [0.25, 0.3) is 10.0 Å². The standard InChI is InChI=1S/C28H39NO5SSi/c1-6-33-28(30)20-19-26-23(21-36(4,5)34-24-12-8-7-9-13-24)11-10-14-27(26)29(3)35(31,32)25-17-15-22(2)16-18-25/h10-11,14-20,24H,6-9,12-13,21H2,1-5H3/b20-19+. The molecule has 0 amide bonds. The van der Waals surface area contributed by atoms with Crippen molar-refractivity contribution in [2.24, 2.45) is 0 Å². The molecule has 1 fully saturated rings. The average molecular weight is 530 g/mol. The second-order valence-corrected chi connectivity index (χ2v) is 16.1. The van der Waals surface area contributed by atoms with Crippen molar-refractivity contribution in [1.29, 1.82) is 0 Å². The fourth-order valence-corrected chi connectivity index (χ4v) is 8.36. The van der Waals surface area contributed by atoms with Crippen molar-refractivity contribution in [2.75, 3.05) is 18.0 Å². The lowest BCUT2D eigenvalue weighted by atomic mass is 9.98. The zero-order valence-corrected chi connectivity index (χ0v) is 23.9. The molecule has 196 valence electrons. The molecule has 2 aromatic carbocycles. The third-order valence-electron chi connectivity index (χ3n) is 6.52. The summed E-state index contributed by atoms with van der Waals surface area (Å²) in [6.45, 7) is 8.36. The lowest BCUT2D eigenvalue weighted by Crippen LogP contribution is -2.39. The average Bonchev–Trinajstić information content (AvgIpc) is 2.83. The van der Waals surface area contributed by atoms with Crippen LogP contribution in [-0.2, 0) is 30.0 Å². The fourth-order valence-electron chi connectivity index (χ4n) is 4.69. The topological polar surface area (TPSA) is 72.9 Å². The molecule has 0 unspecified atom stereocenters. The maximum Gasteiger partial charge on any atom is 0.330 e. The largest absolute Gasteiger partial charge is 0.463 e. The summed E-state index contributed by atoms with van der Waals surface area (Å²) in [6.07, 6.45) is 9.23. The third-order valence-corrected chi connectivity index (χ3v) is 10.5. The molecule has 1 saturated carbocycles. The van der Waals surface area contributed by atoms with Crippen molar-refractivity contribution in [2.45, 2.75) is 76.1 Å². The summed E-state index contributed by atoms with van der Waals surface area (Å²) in [7, 11) is -4.37. The number of aryl methyl sites for hydroxylation is 1. The van der Waals surface area contributed by atoms with Gasteiger partial charge in [-0.25, -0.2) is 13.2 Å². The normalized spacial score (nSPS) is 15.2. The molecular formula is C28H39NO5SSi. The molecule has 0 aliphatic heterocycles. The van der Waals surface area contributed by atoms with Crippen LogP contribution in [0.15, 0.2) is 53.4 Å². The van der Waals surface area contributed by atoms with E-state index in [-0.39, 0.29) is 11.5 Å². The Balaban J connectivity index is 1.99. The molecule has 36 heavy (non-hydrogen) atoms. The Morgan fingerprint density at radius 3 is 2.39 bits per heavy atom. The van der Waals surface area contributed by atoms with Crippen molar-refractivity contribution < 1.29 is 22.4 Å².